The van der Waals surface area contributed by atoms with Gasteiger partial charge in [0.05, 0.1) is 17.0 Å². The van der Waals surface area contributed by atoms with E-state index < -0.39 is 0 Å². The number of anilines is 1. The highest BCUT2D eigenvalue weighted by Gasteiger charge is 2.22. The van der Waals surface area contributed by atoms with E-state index in [1.807, 2.05) is 18.2 Å². The lowest BCUT2D eigenvalue weighted by Gasteiger charge is -2.32. The molecule has 0 atom stereocenters. The zero-order valence-corrected chi connectivity index (χ0v) is 12.8. The van der Waals surface area contributed by atoms with Crippen LogP contribution in [0.1, 0.15) is 18.4 Å². The number of rotatable bonds is 2. The van der Waals surface area contributed by atoms with Crippen molar-refractivity contribution >= 4 is 27.8 Å². The lowest BCUT2D eigenvalue weighted by atomic mass is 9.97. The first-order chi connectivity index (χ1) is 11.3. The first-order valence-electron chi connectivity index (χ1n) is 7.91. The average Bonchev–Trinajstić information content (AvgIpc) is 2.99. The van der Waals surface area contributed by atoms with Crippen LogP contribution in [0, 0.1) is 17.2 Å². The van der Waals surface area contributed by atoms with E-state index in [0.717, 1.165) is 60.2 Å². The number of fused-ring (bicyclic) bond motifs is 3. The quantitative estimate of drug-likeness (QED) is 0.756. The number of piperidine rings is 1. The van der Waals surface area contributed by atoms with Gasteiger partial charge in [-0.25, -0.2) is 9.97 Å². The van der Waals surface area contributed by atoms with Crippen molar-refractivity contribution in [3.05, 3.63) is 30.1 Å². The standard InChI is InChI=1S/C17H18N6/c18-8-11-3-5-23(6-4-11)17-15-13-2-1-12(9-19)7-14(13)22-16(15)20-10-21-17/h1-2,7,10-11H,3-6,8,18H2,(H,20,21,22). The Hall–Kier alpha value is -2.65. The van der Waals surface area contributed by atoms with E-state index in [4.69, 9.17) is 11.0 Å². The number of nitrogens with zero attached hydrogens (tertiary/aromatic N) is 4. The van der Waals surface area contributed by atoms with E-state index in [2.05, 4.69) is 25.9 Å². The van der Waals surface area contributed by atoms with Gasteiger partial charge in [0, 0.05) is 24.0 Å². The minimum atomic E-state index is 0.615. The van der Waals surface area contributed by atoms with Crippen molar-refractivity contribution in [2.75, 3.05) is 24.5 Å². The van der Waals surface area contributed by atoms with Gasteiger partial charge in [-0.15, -0.1) is 0 Å². The normalized spacial score (nSPS) is 16.1. The molecule has 1 aliphatic heterocycles. The maximum absolute atomic E-state index is 9.07. The van der Waals surface area contributed by atoms with Gasteiger partial charge in [-0.2, -0.15) is 5.26 Å². The molecule has 0 spiro atoms. The zero-order chi connectivity index (χ0) is 15.8. The van der Waals surface area contributed by atoms with Gasteiger partial charge in [-0.3, -0.25) is 0 Å². The fraction of sp³-hybridized carbons (Fsp3) is 0.353. The molecule has 6 nitrogen and oxygen atoms in total. The van der Waals surface area contributed by atoms with Crippen LogP contribution in [0.15, 0.2) is 24.5 Å². The third-order valence-electron chi connectivity index (χ3n) is 4.75. The van der Waals surface area contributed by atoms with Crippen molar-refractivity contribution < 1.29 is 0 Å². The smallest absolute Gasteiger partial charge is 0.143 e. The third kappa shape index (κ3) is 2.30. The summed E-state index contributed by atoms with van der Waals surface area (Å²) in [5.41, 5.74) is 8.18. The molecule has 23 heavy (non-hydrogen) atoms. The molecule has 116 valence electrons. The third-order valence-corrected chi connectivity index (χ3v) is 4.75. The lowest BCUT2D eigenvalue weighted by Crippen LogP contribution is -2.36. The molecule has 0 radical (unpaired) electrons. The fourth-order valence-corrected chi connectivity index (χ4v) is 3.40. The largest absolute Gasteiger partial charge is 0.356 e. The van der Waals surface area contributed by atoms with Crippen molar-refractivity contribution in [2.24, 2.45) is 11.7 Å². The lowest BCUT2D eigenvalue weighted by molar-refractivity contribution is 0.413. The molecule has 6 heteroatoms. The highest BCUT2D eigenvalue weighted by atomic mass is 15.2. The van der Waals surface area contributed by atoms with Crippen LogP contribution in [0.5, 0.6) is 0 Å². The molecule has 4 rings (SSSR count). The van der Waals surface area contributed by atoms with Crippen molar-refractivity contribution in [3.8, 4) is 6.07 Å². The van der Waals surface area contributed by atoms with E-state index in [1.54, 1.807) is 6.33 Å². The fourth-order valence-electron chi connectivity index (χ4n) is 3.40. The molecular weight excluding hydrogens is 288 g/mol. The molecule has 1 fully saturated rings. The molecule has 0 amide bonds. The Morgan fingerprint density at radius 2 is 2.13 bits per heavy atom. The molecule has 1 aliphatic rings. The van der Waals surface area contributed by atoms with Gasteiger partial charge < -0.3 is 15.6 Å². The Labute approximate surface area is 133 Å². The number of benzene rings is 1. The van der Waals surface area contributed by atoms with Crippen LogP contribution >= 0.6 is 0 Å². The van der Waals surface area contributed by atoms with E-state index in [1.165, 1.54) is 0 Å². The first kappa shape index (κ1) is 14.0. The molecule has 3 aromatic rings. The maximum atomic E-state index is 9.07. The summed E-state index contributed by atoms with van der Waals surface area (Å²) in [5, 5.41) is 11.2. The molecule has 3 N–H and O–H groups in total. The molecule has 0 saturated carbocycles. The number of nitrogens with two attached hydrogens (primary N) is 1. The molecule has 2 aromatic heterocycles. The van der Waals surface area contributed by atoms with Gasteiger partial charge in [-0.05, 0) is 37.4 Å². The summed E-state index contributed by atoms with van der Waals surface area (Å²) < 4.78 is 0. The topological polar surface area (TPSA) is 94.6 Å². The van der Waals surface area contributed by atoms with E-state index >= 15 is 0 Å². The Kier molecular flexibility index (Phi) is 3.36. The van der Waals surface area contributed by atoms with Gasteiger partial charge in [0.2, 0.25) is 0 Å². The second-order valence-corrected chi connectivity index (χ2v) is 6.08. The summed E-state index contributed by atoms with van der Waals surface area (Å²) >= 11 is 0. The Morgan fingerprint density at radius 1 is 1.30 bits per heavy atom. The monoisotopic (exact) mass is 306 g/mol. The Balaban J connectivity index is 1.83. The van der Waals surface area contributed by atoms with Crippen LogP contribution in [0.25, 0.3) is 21.9 Å². The SMILES string of the molecule is N#Cc1ccc2c(c1)[nH]c1ncnc(N3CCC(CN)CC3)c12. The van der Waals surface area contributed by atoms with Crippen molar-refractivity contribution in [1.82, 2.24) is 15.0 Å². The first-order valence-corrected chi connectivity index (χ1v) is 7.91. The molecule has 0 unspecified atom stereocenters. The van der Waals surface area contributed by atoms with E-state index in [-0.39, 0.29) is 0 Å². The molecule has 0 aliphatic carbocycles. The maximum Gasteiger partial charge on any atom is 0.143 e. The zero-order valence-electron chi connectivity index (χ0n) is 12.8. The summed E-state index contributed by atoms with van der Waals surface area (Å²) in [6.07, 6.45) is 3.80. The van der Waals surface area contributed by atoms with Crippen molar-refractivity contribution in [2.45, 2.75) is 12.8 Å². The molecule has 1 saturated heterocycles. The number of nitriles is 1. The van der Waals surface area contributed by atoms with Crippen LogP contribution < -0.4 is 10.6 Å². The van der Waals surface area contributed by atoms with Gasteiger partial charge in [0.1, 0.15) is 17.8 Å². The van der Waals surface area contributed by atoms with Crippen LogP contribution in [0.2, 0.25) is 0 Å². The summed E-state index contributed by atoms with van der Waals surface area (Å²) in [7, 11) is 0. The highest BCUT2D eigenvalue weighted by molar-refractivity contribution is 6.11. The van der Waals surface area contributed by atoms with Crippen molar-refractivity contribution in [1.29, 1.82) is 5.26 Å². The predicted molar refractivity (Wildman–Crippen MR) is 90.1 cm³/mol. The van der Waals surface area contributed by atoms with Crippen LogP contribution in [-0.4, -0.2) is 34.6 Å². The Bertz CT molecular complexity index is 898. The number of hydrogen-bond donors (Lipinski definition) is 2. The van der Waals surface area contributed by atoms with E-state index in [0.29, 0.717) is 11.5 Å². The Morgan fingerprint density at radius 3 is 2.87 bits per heavy atom. The van der Waals surface area contributed by atoms with Crippen LogP contribution in [0.3, 0.4) is 0 Å². The van der Waals surface area contributed by atoms with Gasteiger partial charge in [0.15, 0.2) is 0 Å². The number of H-pyrrole nitrogens is 1. The predicted octanol–water partition coefficient (Wildman–Crippen LogP) is 2.16. The second-order valence-electron chi connectivity index (χ2n) is 6.08. The van der Waals surface area contributed by atoms with Crippen molar-refractivity contribution in [3.63, 3.8) is 0 Å². The number of hydrogen-bond acceptors (Lipinski definition) is 5. The molecule has 1 aromatic carbocycles. The van der Waals surface area contributed by atoms with Gasteiger partial charge in [0.25, 0.3) is 0 Å². The minimum absolute atomic E-state index is 0.615. The van der Waals surface area contributed by atoms with E-state index in [9.17, 15) is 0 Å². The highest BCUT2D eigenvalue weighted by Crippen LogP contribution is 2.33. The number of aromatic nitrogens is 3. The molecular formula is C17H18N6. The summed E-state index contributed by atoms with van der Waals surface area (Å²) in [5.74, 6) is 1.59. The summed E-state index contributed by atoms with van der Waals surface area (Å²) in [4.78, 5) is 14.5. The van der Waals surface area contributed by atoms with Gasteiger partial charge >= 0.3 is 0 Å². The summed E-state index contributed by atoms with van der Waals surface area (Å²) in [6, 6.07) is 7.86. The second kappa shape index (κ2) is 5.52. The van der Waals surface area contributed by atoms with Gasteiger partial charge in [-0.1, -0.05) is 6.07 Å². The number of aromatic amines is 1. The molecule has 3 heterocycles. The minimum Gasteiger partial charge on any atom is -0.356 e. The van der Waals surface area contributed by atoms with Crippen LogP contribution in [-0.2, 0) is 0 Å². The number of nitrogens with one attached hydrogen (secondary N) is 1. The van der Waals surface area contributed by atoms with Crippen LogP contribution in [0.4, 0.5) is 5.82 Å². The molecule has 0 bridgehead atoms. The summed E-state index contributed by atoms with van der Waals surface area (Å²) in [6.45, 7) is 2.70. The average molecular weight is 306 g/mol.